The zero-order valence-electron chi connectivity index (χ0n) is 9.31. The summed E-state index contributed by atoms with van der Waals surface area (Å²) in [5.74, 6) is -0.979. The number of carbonyl (C=O) groups is 1. The molecule has 0 heterocycles. The van der Waals surface area contributed by atoms with Crippen LogP contribution >= 0.6 is 11.6 Å². The van der Waals surface area contributed by atoms with Gasteiger partial charge in [0.05, 0.1) is 0 Å². The number of Topliss-reactive ketones (excluding diaryl/α,β-unsaturated/α-hetero) is 1. The molecule has 2 rings (SSSR count). The van der Waals surface area contributed by atoms with E-state index < -0.39 is 17.7 Å². The molecular weight excluding hydrogens is 255 g/mol. The lowest BCUT2D eigenvalue weighted by Gasteiger charge is -2.11. The van der Waals surface area contributed by atoms with Gasteiger partial charge in [0.25, 0.3) is 0 Å². The van der Waals surface area contributed by atoms with Gasteiger partial charge in [-0.25, -0.2) is 4.39 Å². The molecule has 0 aromatic heterocycles. The Balaban J connectivity index is 2.31. The fraction of sp³-hybridized carbons (Fsp3) is 0.0714. The summed E-state index contributed by atoms with van der Waals surface area (Å²) in [4.78, 5) is 12.0. The molecule has 0 spiro atoms. The Bertz CT molecular complexity index is 569. The van der Waals surface area contributed by atoms with Crippen LogP contribution in [0.4, 0.5) is 4.39 Å². The third-order valence-electron chi connectivity index (χ3n) is 2.56. The monoisotopic (exact) mass is 264 g/mol. The van der Waals surface area contributed by atoms with Gasteiger partial charge in [-0.3, -0.25) is 4.79 Å². The third-order valence-corrected chi connectivity index (χ3v) is 2.89. The zero-order valence-corrected chi connectivity index (χ0v) is 10.1. The largest absolute Gasteiger partial charge is 0.380 e. The molecule has 4 heteroatoms. The summed E-state index contributed by atoms with van der Waals surface area (Å²) >= 11 is 5.80. The van der Waals surface area contributed by atoms with Crippen molar-refractivity contribution in [3.05, 3.63) is 70.5 Å². The van der Waals surface area contributed by atoms with Crippen molar-refractivity contribution in [3.8, 4) is 0 Å². The number of hydrogen-bond acceptors (Lipinski definition) is 2. The van der Waals surface area contributed by atoms with E-state index in [4.69, 9.17) is 11.6 Å². The molecule has 0 saturated heterocycles. The number of aliphatic hydroxyl groups is 1. The molecule has 0 fully saturated rings. The van der Waals surface area contributed by atoms with Crippen LogP contribution in [-0.4, -0.2) is 10.9 Å². The Labute approximate surface area is 109 Å². The predicted molar refractivity (Wildman–Crippen MR) is 67.1 cm³/mol. The molecule has 0 saturated carbocycles. The lowest BCUT2D eigenvalue weighted by molar-refractivity contribution is 0.0747. The quantitative estimate of drug-likeness (QED) is 0.863. The molecule has 2 aromatic carbocycles. The van der Waals surface area contributed by atoms with Gasteiger partial charge in [-0.15, -0.1) is 0 Å². The number of rotatable bonds is 3. The van der Waals surface area contributed by atoms with Crippen LogP contribution < -0.4 is 0 Å². The molecule has 0 aliphatic carbocycles. The third kappa shape index (κ3) is 2.58. The van der Waals surface area contributed by atoms with Gasteiger partial charge in [0.15, 0.2) is 5.78 Å². The standard InChI is InChI=1S/C14H10ClFO2/c15-12-8-10(16)6-7-11(12)14(18)13(17)9-4-2-1-3-5-9/h1-8,14,18H. The first kappa shape index (κ1) is 12.7. The van der Waals surface area contributed by atoms with E-state index in [9.17, 15) is 14.3 Å². The molecule has 0 radical (unpaired) electrons. The molecule has 1 unspecified atom stereocenters. The Hall–Kier alpha value is -1.71. The van der Waals surface area contributed by atoms with Crippen molar-refractivity contribution in [2.24, 2.45) is 0 Å². The number of ketones is 1. The van der Waals surface area contributed by atoms with Crippen molar-refractivity contribution in [2.45, 2.75) is 6.10 Å². The zero-order chi connectivity index (χ0) is 13.1. The number of halogens is 2. The summed E-state index contributed by atoms with van der Waals surface area (Å²) in [6.07, 6.45) is -1.39. The minimum atomic E-state index is -1.39. The SMILES string of the molecule is O=C(c1ccccc1)C(O)c1ccc(F)cc1Cl. The Kier molecular flexibility index (Phi) is 3.75. The lowest BCUT2D eigenvalue weighted by Crippen LogP contribution is -2.12. The highest BCUT2D eigenvalue weighted by atomic mass is 35.5. The molecule has 2 aromatic rings. The van der Waals surface area contributed by atoms with Gasteiger partial charge in [-0.05, 0) is 12.1 Å². The molecular formula is C14H10ClFO2. The average Bonchev–Trinajstić information content (AvgIpc) is 2.38. The van der Waals surface area contributed by atoms with Crippen molar-refractivity contribution in [2.75, 3.05) is 0 Å². The first-order valence-corrected chi connectivity index (χ1v) is 5.69. The first-order valence-electron chi connectivity index (χ1n) is 5.32. The second-order valence-corrected chi connectivity index (χ2v) is 4.21. The summed E-state index contributed by atoms with van der Waals surface area (Å²) in [5, 5.41) is 9.99. The van der Waals surface area contributed by atoms with Gasteiger partial charge < -0.3 is 5.11 Å². The fourth-order valence-electron chi connectivity index (χ4n) is 1.62. The number of aliphatic hydroxyl groups excluding tert-OH is 1. The normalized spacial score (nSPS) is 12.2. The molecule has 0 amide bonds. The smallest absolute Gasteiger partial charge is 0.195 e. The van der Waals surface area contributed by atoms with Gasteiger partial charge in [-0.2, -0.15) is 0 Å². The van der Waals surface area contributed by atoms with E-state index in [0.29, 0.717) is 5.56 Å². The maximum Gasteiger partial charge on any atom is 0.195 e. The van der Waals surface area contributed by atoms with Crippen LogP contribution in [0.2, 0.25) is 5.02 Å². The first-order chi connectivity index (χ1) is 8.59. The van der Waals surface area contributed by atoms with Gasteiger partial charge in [-0.1, -0.05) is 48.0 Å². The molecule has 0 aliphatic heterocycles. The second kappa shape index (κ2) is 5.29. The van der Waals surface area contributed by atoms with Gasteiger partial charge in [0.2, 0.25) is 0 Å². The van der Waals surface area contributed by atoms with Crippen LogP contribution in [-0.2, 0) is 0 Å². The van der Waals surface area contributed by atoms with Crippen LogP contribution in [0.3, 0.4) is 0 Å². The van der Waals surface area contributed by atoms with Crippen molar-refractivity contribution >= 4 is 17.4 Å². The topological polar surface area (TPSA) is 37.3 Å². The van der Waals surface area contributed by atoms with E-state index in [1.54, 1.807) is 30.3 Å². The maximum absolute atomic E-state index is 12.9. The summed E-state index contributed by atoms with van der Waals surface area (Å²) < 4.78 is 12.9. The van der Waals surface area contributed by atoms with Crippen molar-refractivity contribution in [1.29, 1.82) is 0 Å². The predicted octanol–water partition coefficient (Wildman–Crippen LogP) is 3.40. The van der Waals surface area contributed by atoms with Crippen LogP contribution in [0.5, 0.6) is 0 Å². The van der Waals surface area contributed by atoms with E-state index in [0.717, 1.165) is 12.1 Å². The summed E-state index contributed by atoms with van der Waals surface area (Å²) in [5.41, 5.74) is 0.581. The maximum atomic E-state index is 12.9. The summed E-state index contributed by atoms with van der Waals surface area (Å²) in [7, 11) is 0. The van der Waals surface area contributed by atoms with Crippen LogP contribution in [0.25, 0.3) is 0 Å². The highest BCUT2D eigenvalue weighted by molar-refractivity contribution is 6.31. The highest BCUT2D eigenvalue weighted by Gasteiger charge is 2.21. The number of hydrogen-bond donors (Lipinski definition) is 1. The van der Waals surface area contributed by atoms with E-state index in [-0.39, 0.29) is 10.6 Å². The molecule has 0 bridgehead atoms. The molecule has 1 atom stereocenters. The number of benzene rings is 2. The molecule has 18 heavy (non-hydrogen) atoms. The van der Waals surface area contributed by atoms with Crippen molar-refractivity contribution in [1.82, 2.24) is 0 Å². The van der Waals surface area contributed by atoms with E-state index in [1.807, 2.05) is 0 Å². The van der Waals surface area contributed by atoms with E-state index in [2.05, 4.69) is 0 Å². The van der Waals surface area contributed by atoms with E-state index >= 15 is 0 Å². The fourth-order valence-corrected chi connectivity index (χ4v) is 1.90. The molecule has 0 aliphatic rings. The summed E-state index contributed by atoms with van der Waals surface area (Å²) in [6.45, 7) is 0. The Morgan fingerprint density at radius 1 is 1.17 bits per heavy atom. The van der Waals surface area contributed by atoms with Crippen LogP contribution in [0.15, 0.2) is 48.5 Å². The average molecular weight is 265 g/mol. The van der Waals surface area contributed by atoms with Crippen LogP contribution in [0, 0.1) is 5.82 Å². The highest BCUT2D eigenvalue weighted by Crippen LogP contribution is 2.26. The Morgan fingerprint density at radius 3 is 2.44 bits per heavy atom. The van der Waals surface area contributed by atoms with Crippen molar-refractivity contribution < 1.29 is 14.3 Å². The minimum Gasteiger partial charge on any atom is -0.380 e. The second-order valence-electron chi connectivity index (χ2n) is 3.80. The molecule has 92 valence electrons. The van der Waals surface area contributed by atoms with Gasteiger partial charge in [0, 0.05) is 16.1 Å². The summed E-state index contributed by atoms with van der Waals surface area (Å²) in [6, 6.07) is 11.9. The van der Waals surface area contributed by atoms with Gasteiger partial charge in [0.1, 0.15) is 11.9 Å². The number of carbonyl (C=O) groups excluding carboxylic acids is 1. The molecule has 2 nitrogen and oxygen atoms in total. The van der Waals surface area contributed by atoms with Gasteiger partial charge >= 0.3 is 0 Å². The minimum absolute atomic E-state index is 0.0341. The van der Waals surface area contributed by atoms with Crippen LogP contribution in [0.1, 0.15) is 22.0 Å². The Morgan fingerprint density at radius 2 is 1.83 bits per heavy atom. The molecule has 1 N–H and O–H groups in total. The van der Waals surface area contributed by atoms with Crippen molar-refractivity contribution in [3.63, 3.8) is 0 Å². The lowest BCUT2D eigenvalue weighted by atomic mass is 10.00. The van der Waals surface area contributed by atoms with E-state index in [1.165, 1.54) is 6.07 Å².